The number of likely N-dealkylation sites (N-methyl/N-ethyl adjacent to an activating group) is 1. The maximum atomic E-state index is 11.9. The van der Waals surface area contributed by atoms with Gasteiger partial charge in [0.05, 0.1) is 19.8 Å². The summed E-state index contributed by atoms with van der Waals surface area (Å²) in [5.74, 6) is 0.643. The van der Waals surface area contributed by atoms with Gasteiger partial charge < -0.3 is 20.3 Å². The number of morpholine rings is 1. The smallest absolute Gasteiger partial charge is 0.243 e. The van der Waals surface area contributed by atoms with Crippen LogP contribution in [0, 0.1) is 0 Å². The van der Waals surface area contributed by atoms with Crippen molar-refractivity contribution in [2.24, 2.45) is 4.99 Å². The second-order valence-corrected chi connectivity index (χ2v) is 8.18. The van der Waals surface area contributed by atoms with Crippen LogP contribution in [0.25, 0.3) is 0 Å². The van der Waals surface area contributed by atoms with Gasteiger partial charge in [0.1, 0.15) is 6.54 Å². The highest BCUT2D eigenvalue weighted by Gasteiger charge is 2.28. The highest BCUT2D eigenvalue weighted by molar-refractivity contribution is 14.0. The van der Waals surface area contributed by atoms with Crippen LogP contribution in [0.1, 0.15) is 18.7 Å². The Morgan fingerprint density at radius 3 is 2.63 bits per heavy atom. The van der Waals surface area contributed by atoms with Gasteiger partial charge in [0, 0.05) is 44.1 Å². The number of thiophene rings is 1. The Hall–Kier alpha value is -0.910. The van der Waals surface area contributed by atoms with Crippen molar-refractivity contribution >= 4 is 47.2 Å². The lowest BCUT2D eigenvalue weighted by Gasteiger charge is -2.41. The van der Waals surface area contributed by atoms with Crippen molar-refractivity contribution in [3.63, 3.8) is 0 Å². The van der Waals surface area contributed by atoms with E-state index in [0.717, 1.165) is 32.8 Å². The zero-order chi connectivity index (χ0) is 19.0. The van der Waals surface area contributed by atoms with Gasteiger partial charge >= 0.3 is 0 Å². The molecule has 2 rings (SSSR count). The number of hydrogen-bond donors (Lipinski definition) is 2. The number of ether oxygens (including phenoxy) is 1. The summed E-state index contributed by atoms with van der Waals surface area (Å²) >= 11 is 1.70. The van der Waals surface area contributed by atoms with Crippen LogP contribution in [-0.4, -0.2) is 80.7 Å². The summed E-state index contributed by atoms with van der Waals surface area (Å²) < 4.78 is 5.45. The SMILES string of the molecule is CN(C)C(=O)CN=C(NCc1cccs1)NCC(C)(C)N1CCOCC1.I. The molecule has 0 atom stereocenters. The van der Waals surface area contributed by atoms with Gasteiger partial charge in [0.15, 0.2) is 5.96 Å². The summed E-state index contributed by atoms with van der Waals surface area (Å²) in [6.45, 7) is 9.41. The quantitative estimate of drug-likeness (QED) is 0.332. The first kappa shape index (κ1) is 24.1. The molecule has 27 heavy (non-hydrogen) atoms. The molecule has 0 bridgehead atoms. The molecule has 0 spiro atoms. The zero-order valence-electron chi connectivity index (χ0n) is 16.7. The van der Waals surface area contributed by atoms with Gasteiger partial charge in [-0.15, -0.1) is 35.3 Å². The molecule has 1 aliphatic rings. The molecular weight excluding hydrogens is 477 g/mol. The number of guanidine groups is 1. The van der Waals surface area contributed by atoms with Crippen molar-refractivity contribution < 1.29 is 9.53 Å². The molecule has 2 N–H and O–H groups in total. The number of nitrogens with one attached hydrogen (secondary N) is 2. The second kappa shape index (κ2) is 11.8. The van der Waals surface area contributed by atoms with Crippen LogP contribution in [0.4, 0.5) is 0 Å². The summed E-state index contributed by atoms with van der Waals surface area (Å²) in [7, 11) is 3.48. The molecule has 1 aromatic rings. The minimum Gasteiger partial charge on any atom is -0.379 e. The van der Waals surface area contributed by atoms with E-state index in [9.17, 15) is 4.79 Å². The Labute approximate surface area is 183 Å². The van der Waals surface area contributed by atoms with Crippen molar-refractivity contribution in [3.05, 3.63) is 22.4 Å². The fourth-order valence-corrected chi connectivity index (χ4v) is 3.27. The van der Waals surface area contributed by atoms with E-state index in [4.69, 9.17) is 4.74 Å². The van der Waals surface area contributed by atoms with Crippen molar-refractivity contribution in [1.82, 2.24) is 20.4 Å². The number of nitrogens with zero attached hydrogens (tertiary/aromatic N) is 3. The zero-order valence-corrected chi connectivity index (χ0v) is 19.8. The molecule has 1 aliphatic heterocycles. The third-order valence-electron chi connectivity index (χ3n) is 4.44. The first-order valence-electron chi connectivity index (χ1n) is 8.96. The van der Waals surface area contributed by atoms with E-state index in [2.05, 4.69) is 45.8 Å². The van der Waals surface area contributed by atoms with E-state index in [0.29, 0.717) is 12.5 Å². The van der Waals surface area contributed by atoms with Gasteiger partial charge in [-0.2, -0.15) is 0 Å². The van der Waals surface area contributed by atoms with Crippen LogP contribution >= 0.6 is 35.3 Å². The largest absolute Gasteiger partial charge is 0.379 e. The number of aliphatic imine (C=N–C) groups is 1. The number of hydrogen-bond acceptors (Lipinski definition) is 5. The fraction of sp³-hybridized carbons (Fsp3) is 0.667. The molecule has 2 heterocycles. The van der Waals surface area contributed by atoms with Crippen LogP contribution in [-0.2, 0) is 16.1 Å². The fourth-order valence-electron chi connectivity index (χ4n) is 2.63. The normalized spacial score (nSPS) is 15.8. The Morgan fingerprint density at radius 2 is 2.04 bits per heavy atom. The topological polar surface area (TPSA) is 69.2 Å². The molecule has 1 amide bonds. The minimum absolute atomic E-state index is 0. The highest BCUT2D eigenvalue weighted by atomic mass is 127. The average Bonchev–Trinajstić information content (AvgIpc) is 3.15. The van der Waals surface area contributed by atoms with E-state index >= 15 is 0 Å². The van der Waals surface area contributed by atoms with Gasteiger partial charge in [-0.1, -0.05) is 6.07 Å². The summed E-state index contributed by atoms with van der Waals surface area (Å²) in [4.78, 5) is 21.5. The lowest BCUT2D eigenvalue weighted by Crippen LogP contribution is -2.56. The number of amides is 1. The molecule has 1 fully saturated rings. The third-order valence-corrected chi connectivity index (χ3v) is 5.31. The minimum atomic E-state index is -0.0271. The predicted octanol–water partition coefficient (Wildman–Crippen LogP) is 1.60. The van der Waals surface area contributed by atoms with E-state index in [1.54, 1.807) is 30.3 Å². The molecule has 0 radical (unpaired) electrons. The number of rotatable bonds is 7. The summed E-state index contributed by atoms with van der Waals surface area (Å²) in [5.41, 5.74) is -0.0271. The summed E-state index contributed by atoms with van der Waals surface area (Å²) in [6, 6.07) is 4.11. The maximum absolute atomic E-state index is 11.9. The maximum Gasteiger partial charge on any atom is 0.243 e. The van der Waals surface area contributed by atoms with Crippen molar-refractivity contribution in [3.8, 4) is 0 Å². The Morgan fingerprint density at radius 1 is 1.33 bits per heavy atom. The van der Waals surface area contributed by atoms with E-state index in [1.807, 2.05) is 6.07 Å². The van der Waals surface area contributed by atoms with Gasteiger partial charge in [0.2, 0.25) is 5.91 Å². The van der Waals surface area contributed by atoms with Crippen LogP contribution < -0.4 is 10.6 Å². The highest BCUT2D eigenvalue weighted by Crippen LogP contribution is 2.15. The average molecular weight is 509 g/mol. The number of halogens is 1. The monoisotopic (exact) mass is 509 g/mol. The Kier molecular flexibility index (Phi) is 10.6. The van der Waals surface area contributed by atoms with Crippen molar-refractivity contribution in [2.45, 2.75) is 25.9 Å². The van der Waals surface area contributed by atoms with Gasteiger partial charge in [0.25, 0.3) is 0 Å². The second-order valence-electron chi connectivity index (χ2n) is 7.15. The van der Waals surface area contributed by atoms with Gasteiger partial charge in [-0.05, 0) is 25.3 Å². The molecule has 1 aromatic heterocycles. The first-order chi connectivity index (χ1) is 12.4. The van der Waals surface area contributed by atoms with Crippen molar-refractivity contribution in [1.29, 1.82) is 0 Å². The standard InChI is InChI=1S/C18H31N5O2S.HI/c1-18(2,23-7-9-25-10-8-23)14-21-17(20-13-16(24)22(3)4)19-12-15-6-5-11-26-15;/h5-6,11H,7-10,12-14H2,1-4H3,(H2,19,20,21);1H. The number of carbonyl (C=O) groups is 1. The molecule has 0 aliphatic carbocycles. The Balaban J connectivity index is 0.00000364. The molecule has 0 saturated carbocycles. The first-order valence-corrected chi connectivity index (χ1v) is 9.84. The van der Waals surface area contributed by atoms with Crippen LogP contribution in [0.15, 0.2) is 22.5 Å². The van der Waals surface area contributed by atoms with Gasteiger partial charge in [-0.25, -0.2) is 4.99 Å². The van der Waals surface area contributed by atoms with Crippen LogP contribution in [0.3, 0.4) is 0 Å². The summed E-state index contributed by atoms with van der Waals surface area (Å²) in [6.07, 6.45) is 0. The molecule has 0 aromatic carbocycles. The summed E-state index contributed by atoms with van der Waals surface area (Å²) in [5, 5.41) is 8.79. The molecule has 9 heteroatoms. The lowest BCUT2D eigenvalue weighted by atomic mass is 10.0. The van der Waals surface area contributed by atoms with E-state index < -0.39 is 0 Å². The molecule has 154 valence electrons. The molecule has 7 nitrogen and oxygen atoms in total. The van der Waals surface area contributed by atoms with E-state index in [-0.39, 0.29) is 42.0 Å². The van der Waals surface area contributed by atoms with Crippen molar-refractivity contribution in [2.75, 3.05) is 53.5 Å². The predicted molar refractivity (Wildman–Crippen MR) is 122 cm³/mol. The molecule has 0 unspecified atom stereocenters. The number of carbonyl (C=O) groups excluding carboxylic acids is 1. The van der Waals surface area contributed by atoms with Crippen LogP contribution in [0.2, 0.25) is 0 Å². The lowest BCUT2D eigenvalue weighted by molar-refractivity contribution is -0.127. The third kappa shape index (κ3) is 8.32. The van der Waals surface area contributed by atoms with E-state index in [1.165, 1.54) is 4.88 Å². The van der Waals surface area contributed by atoms with Gasteiger partial charge in [-0.3, -0.25) is 9.69 Å². The molecule has 1 saturated heterocycles. The van der Waals surface area contributed by atoms with Crippen LogP contribution in [0.5, 0.6) is 0 Å². The molecular formula is C18H32IN5O2S. The Bertz CT molecular complexity index is 587.